The Morgan fingerprint density at radius 3 is 1.84 bits per heavy atom. The smallest absolute Gasteiger partial charge is 0.286 e. The molecule has 5 rings (SSSR count). The number of aliphatic imine (C=N–C) groups is 1. The zero-order chi connectivity index (χ0) is 21.8. The molecule has 0 bridgehead atoms. The number of rotatable bonds is 4. The molecule has 0 radical (unpaired) electrons. The molecule has 2 aliphatic heterocycles. The molecule has 32 heavy (non-hydrogen) atoms. The number of thioether (sulfide) groups is 1. The van der Waals surface area contributed by atoms with Gasteiger partial charge in [0.05, 0.1) is 10.9 Å². The molecule has 1 amide bonds. The van der Waals surface area contributed by atoms with Crippen molar-refractivity contribution in [3.63, 3.8) is 0 Å². The van der Waals surface area contributed by atoms with Crippen LogP contribution in [0.4, 0.5) is 0 Å². The Bertz CT molecular complexity index is 1080. The van der Waals surface area contributed by atoms with Gasteiger partial charge in [-0.25, -0.2) is 0 Å². The van der Waals surface area contributed by atoms with E-state index in [-0.39, 0.29) is 11.9 Å². The third-order valence-corrected chi connectivity index (χ3v) is 6.93. The van der Waals surface area contributed by atoms with Gasteiger partial charge in [-0.2, -0.15) is 4.99 Å². The number of amides is 1. The van der Waals surface area contributed by atoms with Crippen LogP contribution < -0.4 is 0 Å². The number of benzene rings is 3. The first-order chi connectivity index (χ1) is 15.8. The molecule has 3 aromatic rings. The summed E-state index contributed by atoms with van der Waals surface area (Å²) in [5, 5.41) is 0.827. The van der Waals surface area contributed by atoms with Crippen LogP contribution in [0.5, 0.6) is 0 Å². The van der Waals surface area contributed by atoms with Gasteiger partial charge in [-0.15, -0.1) is 0 Å². The molecule has 0 N–H and O–H groups in total. The maximum Gasteiger partial charge on any atom is 0.286 e. The van der Waals surface area contributed by atoms with Crippen LogP contribution in [0, 0.1) is 0 Å². The van der Waals surface area contributed by atoms with Crippen LogP contribution in [-0.4, -0.2) is 47.1 Å². The van der Waals surface area contributed by atoms with E-state index in [2.05, 4.69) is 75.5 Å². The minimum Gasteiger partial charge on any atom is -0.348 e. The number of nitrogens with zero attached hydrogens (tertiary/aromatic N) is 3. The van der Waals surface area contributed by atoms with Crippen molar-refractivity contribution in [1.29, 1.82) is 0 Å². The highest BCUT2D eigenvalue weighted by Gasteiger charge is 2.31. The van der Waals surface area contributed by atoms with E-state index >= 15 is 0 Å². The predicted octanol–water partition coefficient (Wildman–Crippen LogP) is 5.06. The molecule has 2 heterocycles. The topological polar surface area (TPSA) is 35.9 Å². The van der Waals surface area contributed by atoms with Crippen molar-refractivity contribution >= 4 is 28.9 Å². The largest absolute Gasteiger partial charge is 0.348 e. The van der Waals surface area contributed by atoms with Crippen LogP contribution in [0.1, 0.15) is 22.7 Å². The summed E-state index contributed by atoms with van der Waals surface area (Å²) < 4.78 is 0. The molecule has 0 aliphatic carbocycles. The van der Waals surface area contributed by atoms with Gasteiger partial charge in [-0.05, 0) is 34.5 Å². The summed E-state index contributed by atoms with van der Waals surface area (Å²) >= 11 is 1.49. The molecular formula is C27H25N3OS. The van der Waals surface area contributed by atoms with Gasteiger partial charge < -0.3 is 4.90 Å². The van der Waals surface area contributed by atoms with Crippen molar-refractivity contribution in [2.75, 3.05) is 26.2 Å². The van der Waals surface area contributed by atoms with Gasteiger partial charge in [0.25, 0.3) is 5.91 Å². The molecule has 0 atom stereocenters. The fourth-order valence-electron chi connectivity index (χ4n) is 4.29. The molecule has 1 fully saturated rings. The molecule has 2 aliphatic rings. The Morgan fingerprint density at radius 2 is 1.28 bits per heavy atom. The summed E-state index contributed by atoms with van der Waals surface area (Å²) in [5.74, 6) is -0.136. The molecule has 160 valence electrons. The van der Waals surface area contributed by atoms with Crippen LogP contribution in [-0.2, 0) is 4.79 Å². The predicted molar refractivity (Wildman–Crippen MR) is 132 cm³/mol. The van der Waals surface area contributed by atoms with Crippen LogP contribution >= 0.6 is 11.8 Å². The van der Waals surface area contributed by atoms with E-state index in [0.29, 0.717) is 4.91 Å². The lowest BCUT2D eigenvalue weighted by Gasteiger charge is -2.40. The van der Waals surface area contributed by atoms with E-state index < -0.39 is 0 Å². The lowest BCUT2D eigenvalue weighted by Crippen LogP contribution is -2.49. The zero-order valence-electron chi connectivity index (χ0n) is 17.8. The Morgan fingerprint density at radius 1 is 0.750 bits per heavy atom. The Kier molecular flexibility index (Phi) is 6.19. The van der Waals surface area contributed by atoms with Crippen LogP contribution in [0.3, 0.4) is 0 Å². The average Bonchev–Trinajstić information content (AvgIpc) is 3.22. The summed E-state index contributed by atoms with van der Waals surface area (Å²) in [4.78, 5) is 22.3. The molecule has 1 saturated heterocycles. The zero-order valence-corrected chi connectivity index (χ0v) is 18.6. The maximum atomic E-state index is 12.5. The molecule has 3 aromatic carbocycles. The van der Waals surface area contributed by atoms with E-state index in [1.54, 1.807) is 0 Å². The van der Waals surface area contributed by atoms with E-state index in [1.165, 1.54) is 22.9 Å². The number of hydrogen-bond donors (Lipinski definition) is 0. The van der Waals surface area contributed by atoms with Crippen molar-refractivity contribution in [3.8, 4) is 0 Å². The molecular weight excluding hydrogens is 414 g/mol. The Labute approximate surface area is 193 Å². The van der Waals surface area contributed by atoms with Gasteiger partial charge in [0.1, 0.15) is 0 Å². The molecule has 0 spiro atoms. The highest BCUT2D eigenvalue weighted by Crippen LogP contribution is 2.33. The second kappa shape index (κ2) is 9.55. The van der Waals surface area contributed by atoms with Crippen LogP contribution in [0.15, 0.2) is 101 Å². The summed E-state index contributed by atoms with van der Waals surface area (Å²) in [5.41, 5.74) is 3.64. The van der Waals surface area contributed by atoms with Crippen LogP contribution in [0.25, 0.3) is 6.08 Å². The summed E-state index contributed by atoms with van der Waals surface area (Å²) in [7, 11) is 0. The first-order valence-corrected chi connectivity index (χ1v) is 11.8. The van der Waals surface area contributed by atoms with Gasteiger partial charge in [-0.1, -0.05) is 91.0 Å². The van der Waals surface area contributed by atoms with Crippen molar-refractivity contribution in [1.82, 2.24) is 9.80 Å². The molecule has 0 saturated carbocycles. The summed E-state index contributed by atoms with van der Waals surface area (Å²) in [6.45, 7) is 3.54. The van der Waals surface area contributed by atoms with Crippen molar-refractivity contribution in [2.45, 2.75) is 6.04 Å². The number of carbonyl (C=O) groups is 1. The monoisotopic (exact) mass is 439 g/mol. The Balaban J connectivity index is 1.29. The van der Waals surface area contributed by atoms with Gasteiger partial charge in [-0.3, -0.25) is 9.69 Å². The van der Waals surface area contributed by atoms with E-state index in [1.807, 2.05) is 36.4 Å². The highest BCUT2D eigenvalue weighted by atomic mass is 32.2. The lowest BCUT2D eigenvalue weighted by molar-refractivity contribution is -0.113. The number of piperazine rings is 1. The lowest BCUT2D eigenvalue weighted by atomic mass is 9.96. The van der Waals surface area contributed by atoms with E-state index in [0.717, 1.165) is 36.9 Å². The van der Waals surface area contributed by atoms with Crippen molar-refractivity contribution < 1.29 is 4.79 Å². The van der Waals surface area contributed by atoms with Crippen molar-refractivity contribution in [2.24, 2.45) is 4.99 Å². The molecule has 5 heteroatoms. The number of hydrogen-bond acceptors (Lipinski definition) is 4. The summed E-state index contributed by atoms with van der Waals surface area (Å²) in [6.07, 6.45) is 1.93. The van der Waals surface area contributed by atoms with Gasteiger partial charge in [0, 0.05) is 26.2 Å². The second-order valence-corrected chi connectivity index (χ2v) is 8.98. The third kappa shape index (κ3) is 4.54. The summed E-state index contributed by atoms with van der Waals surface area (Å²) in [6, 6.07) is 31.6. The standard InChI is InChI=1S/C27H25N3OS/c31-26-24(20-21-10-4-1-5-11-21)32-27(28-26)30-18-16-29(17-19-30)25(22-12-6-2-7-13-22)23-14-8-3-9-15-23/h1-15,20,25H,16-19H2/b24-20-. The van der Waals surface area contributed by atoms with Gasteiger partial charge in [0.2, 0.25) is 0 Å². The number of amidine groups is 1. The highest BCUT2D eigenvalue weighted by molar-refractivity contribution is 8.18. The van der Waals surface area contributed by atoms with E-state index in [9.17, 15) is 4.79 Å². The minimum absolute atomic E-state index is 0.136. The molecule has 0 unspecified atom stereocenters. The average molecular weight is 440 g/mol. The minimum atomic E-state index is -0.136. The van der Waals surface area contributed by atoms with Crippen LogP contribution in [0.2, 0.25) is 0 Å². The van der Waals surface area contributed by atoms with E-state index in [4.69, 9.17) is 0 Å². The fourth-order valence-corrected chi connectivity index (χ4v) is 5.25. The first-order valence-electron chi connectivity index (χ1n) is 10.9. The SMILES string of the molecule is O=C1N=C(N2CCN(C(c3ccccc3)c3ccccc3)CC2)S/C1=C\c1ccccc1. The van der Waals surface area contributed by atoms with Gasteiger partial charge >= 0.3 is 0 Å². The fraction of sp³-hybridized carbons (Fsp3) is 0.185. The van der Waals surface area contributed by atoms with Crippen molar-refractivity contribution in [3.05, 3.63) is 113 Å². The second-order valence-electron chi connectivity index (χ2n) is 7.97. The molecule has 0 aromatic heterocycles. The normalized spacial score (nSPS) is 18.4. The van der Waals surface area contributed by atoms with Gasteiger partial charge in [0.15, 0.2) is 5.17 Å². The maximum absolute atomic E-state index is 12.5. The molecule has 4 nitrogen and oxygen atoms in total. The quantitative estimate of drug-likeness (QED) is 0.532. The third-order valence-electron chi connectivity index (χ3n) is 5.89. The Hall–Kier alpha value is -3.15. The first kappa shape index (κ1) is 20.7. The number of carbonyl (C=O) groups excluding carboxylic acids is 1.